The van der Waals surface area contributed by atoms with Gasteiger partial charge >= 0.3 is 6.18 Å². The standard InChI is InChI=1S/C21H16ClF3N2O/c1-14-2-4-16(5-3-14)13-28-27-11-15-6-8-17(9-7-15)20-19(22)10-18(12-26-20)21(23,24)25/h2-12H,13H2,1H3. The Kier molecular flexibility index (Phi) is 5.99. The van der Waals surface area contributed by atoms with Gasteiger partial charge in [-0.05, 0) is 24.1 Å². The lowest BCUT2D eigenvalue weighted by molar-refractivity contribution is -0.137. The SMILES string of the molecule is Cc1ccc(CON=Cc2ccc(-c3ncc(C(F)(F)F)cc3Cl)cc2)cc1. The van der Waals surface area contributed by atoms with Crippen molar-refractivity contribution in [2.24, 2.45) is 5.16 Å². The van der Waals surface area contributed by atoms with Crippen LogP contribution in [0, 0.1) is 6.92 Å². The average Bonchev–Trinajstić information content (AvgIpc) is 2.66. The third-order valence-electron chi connectivity index (χ3n) is 3.98. The fourth-order valence-electron chi connectivity index (χ4n) is 2.43. The fraction of sp³-hybridized carbons (Fsp3) is 0.143. The van der Waals surface area contributed by atoms with Crippen molar-refractivity contribution in [3.8, 4) is 11.3 Å². The van der Waals surface area contributed by atoms with Gasteiger partial charge in [-0.2, -0.15) is 13.2 Å². The maximum Gasteiger partial charge on any atom is 0.417 e. The first-order valence-electron chi connectivity index (χ1n) is 8.37. The summed E-state index contributed by atoms with van der Waals surface area (Å²) < 4.78 is 38.1. The highest BCUT2D eigenvalue weighted by molar-refractivity contribution is 6.33. The number of nitrogens with zero attached hydrogens (tertiary/aromatic N) is 2. The van der Waals surface area contributed by atoms with Gasteiger partial charge in [-0.1, -0.05) is 70.9 Å². The predicted octanol–water partition coefficient (Wildman–Crippen LogP) is 6.28. The van der Waals surface area contributed by atoms with E-state index in [9.17, 15) is 13.2 Å². The first-order chi connectivity index (χ1) is 13.3. The van der Waals surface area contributed by atoms with Crippen molar-refractivity contribution >= 4 is 17.8 Å². The van der Waals surface area contributed by atoms with Crippen LogP contribution in [0.5, 0.6) is 0 Å². The number of pyridine rings is 1. The molecule has 0 N–H and O–H groups in total. The minimum atomic E-state index is -4.48. The minimum Gasteiger partial charge on any atom is -0.391 e. The molecule has 0 aliphatic carbocycles. The van der Waals surface area contributed by atoms with Gasteiger partial charge in [0.05, 0.1) is 22.5 Å². The van der Waals surface area contributed by atoms with Crippen LogP contribution >= 0.6 is 11.6 Å². The molecule has 0 aliphatic rings. The quantitative estimate of drug-likeness (QED) is 0.370. The molecule has 0 atom stereocenters. The molecular weight excluding hydrogens is 389 g/mol. The Bertz CT molecular complexity index is 968. The van der Waals surface area contributed by atoms with E-state index in [0.29, 0.717) is 12.2 Å². The Labute approximate surface area is 165 Å². The maximum atomic E-state index is 12.7. The van der Waals surface area contributed by atoms with Gasteiger partial charge in [0.2, 0.25) is 0 Å². The van der Waals surface area contributed by atoms with Gasteiger partial charge < -0.3 is 4.84 Å². The second kappa shape index (κ2) is 8.44. The van der Waals surface area contributed by atoms with Crippen LogP contribution in [-0.4, -0.2) is 11.2 Å². The maximum absolute atomic E-state index is 12.7. The fourth-order valence-corrected chi connectivity index (χ4v) is 2.70. The van der Waals surface area contributed by atoms with E-state index in [1.54, 1.807) is 30.5 Å². The lowest BCUT2D eigenvalue weighted by Crippen LogP contribution is -2.05. The average molecular weight is 405 g/mol. The van der Waals surface area contributed by atoms with Gasteiger partial charge in [-0.15, -0.1) is 0 Å². The van der Waals surface area contributed by atoms with Gasteiger partial charge in [0.1, 0.15) is 6.61 Å². The van der Waals surface area contributed by atoms with E-state index in [4.69, 9.17) is 16.4 Å². The molecule has 0 saturated heterocycles. The number of rotatable bonds is 5. The zero-order valence-electron chi connectivity index (χ0n) is 14.9. The van der Waals surface area contributed by atoms with Crippen molar-refractivity contribution in [2.45, 2.75) is 19.7 Å². The molecule has 144 valence electrons. The van der Waals surface area contributed by atoms with Crippen LogP contribution in [0.1, 0.15) is 22.3 Å². The van der Waals surface area contributed by atoms with E-state index >= 15 is 0 Å². The van der Waals surface area contributed by atoms with Gasteiger partial charge in [0.15, 0.2) is 0 Å². The van der Waals surface area contributed by atoms with Gasteiger partial charge in [0.25, 0.3) is 0 Å². The van der Waals surface area contributed by atoms with Crippen LogP contribution in [0.2, 0.25) is 5.02 Å². The first kappa shape index (κ1) is 19.9. The number of oxime groups is 1. The van der Waals surface area contributed by atoms with Crippen molar-refractivity contribution in [2.75, 3.05) is 0 Å². The smallest absolute Gasteiger partial charge is 0.391 e. The molecule has 0 unspecified atom stereocenters. The molecular formula is C21H16ClF3N2O. The molecule has 0 spiro atoms. The van der Waals surface area contributed by atoms with E-state index in [2.05, 4.69) is 10.1 Å². The largest absolute Gasteiger partial charge is 0.417 e. The summed E-state index contributed by atoms with van der Waals surface area (Å²) in [5, 5.41) is 3.87. The van der Waals surface area contributed by atoms with Crippen molar-refractivity contribution in [3.63, 3.8) is 0 Å². The monoisotopic (exact) mass is 404 g/mol. The molecule has 7 heteroatoms. The topological polar surface area (TPSA) is 34.5 Å². The molecule has 1 heterocycles. The summed E-state index contributed by atoms with van der Waals surface area (Å²) in [6, 6.07) is 15.8. The molecule has 0 aliphatic heterocycles. The highest BCUT2D eigenvalue weighted by Gasteiger charge is 2.31. The number of halogens is 4. The Morgan fingerprint density at radius 3 is 2.36 bits per heavy atom. The van der Waals surface area contributed by atoms with Crippen LogP contribution in [0.25, 0.3) is 11.3 Å². The van der Waals surface area contributed by atoms with Gasteiger partial charge in [-0.3, -0.25) is 4.98 Å². The molecule has 0 amide bonds. The summed E-state index contributed by atoms with van der Waals surface area (Å²) in [6.45, 7) is 2.37. The molecule has 3 rings (SSSR count). The van der Waals surface area contributed by atoms with E-state index in [1.165, 1.54) is 5.56 Å². The van der Waals surface area contributed by atoms with Crippen LogP contribution in [0.15, 0.2) is 65.9 Å². The molecule has 28 heavy (non-hydrogen) atoms. The second-order valence-corrected chi connectivity index (χ2v) is 6.57. The highest BCUT2D eigenvalue weighted by Crippen LogP contribution is 2.33. The van der Waals surface area contributed by atoms with E-state index < -0.39 is 11.7 Å². The molecule has 3 nitrogen and oxygen atoms in total. The number of benzene rings is 2. The Balaban J connectivity index is 1.64. The highest BCUT2D eigenvalue weighted by atomic mass is 35.5. The van der Waals surface area contributed by atoms with Gasteiger partial charge in [-0.25, -0.2) is 0 Å². The number of aryl methyl sites for hydroxylation is 1. The Morgan fingerprint density at radius 2 is 1.75 bits per heavy atom. The normalized spacial score (nSPS) is 11.8. The summed E-state index contributed by atoms with van der Waals surface area (Å²) in [5.41, 5.74) is 2.98. The van der Waals surface area contributed by atoms with E-state index in [-0.39, 0.29) is 10.7 Å². The zero-order chi connectivity index (χ0) is 20.1. The van der Waals surface area contributed by atoms with E-state index in [0.717, 1.165) is 23.4 Å². The van der Waals surface area contributed by atoms with Crippen molar-refractivity contribution in [1.29, 1.82) is 0 Å². The summed E-state index contributed by atoms with van der Waals surface area (Å²) >= 11 is 5.97. The summed E-state index contributed by atoms with van der Waals surface area (Å²) in [7, 11) is 0. The lowest BCUT2D eigenvalue weighted by Gasteiger charge is -2.09. The zero-order valence-corrected chi connectivity index (χ0v) is 15.6. The van der Waals surface area contributed by atoms with Crippen LogP contribution in [0.4, 0.5) is 13.2 Å². The Hall–Kier alpha value is -2.86. The van der Waals surface area contributed by atoms with Crippen molar-refractivity contribution in [1.82, 2.24) is 4.98 Å². The molecule has 0 radical (unpaired) electrons. The number of hydrogen-bond acceptors (Lipinski definition) is 3. The number of alkyl halides is 3. The molecule has 3 aromatic rings. The minimum absolute atomic E-state index is 0.0577. The molecule has 0 bridgehead atoms. The summed E-state index contributed by atoms with van der Waals surface area (Å²) in [5.74, 6) is 0. The predicted molar refractivity (Wildman–Crippen MR) is 103 cm³/mol. The van der Waals surface area contributed by atoms with E-state index in [1.807, 2.05) is 31.2 Å². The van der Waals surface area contributed by atoms with Crippen molar-refractivity contribution < 1.29 is 18.0 Å². The molecule has 0 fully saturated rings. The summed E-state index contributed by atoms with van der Waals surface area (Å²) in [6.07, 6.45) is -2.15. The molecule has 1 aromatic heterocycles. The number of aromatic nitrogens is 1. The number of hydrogen-bond donors (Lipinski definition) is 0. The van der Waals surface area contributed by atoms with Crippen LogP contribution in [0.3, 0.4) is 0 Å². The third kappa shape index (κ3) is 5.10. The van der Waals surface area contributed by atoms with Crippen LogP contribution in [-0.2, 0) is 17.6 Å². The lowest BCUT2D eigenvalue weighted by atomic mass is 10.1. The molecule has 2 aromatic carbocycles. The Morgan fingerprint density at radius 1 is 1.07 bits per heavy atom. The second-order valence-electron chi connectivity index (χ2n) is 6.17. The molecule has 0 saturated carbocycles. The van der Waals surface area contributed by atoms with Crippen LogP contribution < -0.4 is 0 Å². The van der Waals surface area contributed by atoms with Crippen molar-refractivity contribution in [3.05, 3.63) is 88.1 Å². The first-order valence-corrected chi connectivity index (χ1v) is 8.75. The summed E-state index contributed by atoms with van der Waals surface area (Å²) in [4.78, 5) is 9.12. The third-order valence-corrected chi connectivity index (χ3v) is 4.27. The van der Waals surface area contributed by atoms with Gasteiger partial charge in [0, 0.05) is 11.8 Å².